The van der Waals surface area contributed by atoms with Crippen LogP contribution in [0.2, 0.25) is 0 Å². The molecular weight excluding hydrogens is 256 g/mol. The molecule has 1 aromatic heterocycles. The number of rotatable bonds is 5. The molecule has 19 heavy (non-hydrogen) atoms. The zero-order valence-corrected chi connectivity index (χ0v) is 12.5. The van der Waals surface area contributed by atoms with E-state index in [1.807, 2.05) is 35.8 Å². The summed E-state index contributed by atoms with van der Waals surface area (Å²) in [5, 5.41) is 14.5. The number of thioether (sulfide) groups is 1. The Morgan fingerprint density at radius 1 is 1.68 bits per heavy atom. The summed E-state index contributed by atoms with van der Waals surface area (Å²) < 4.78 is 2.05. The summed E-state index contributed by atoms with van der Waals surface area (Å²) in [5.41, 5.74) is -0.322. The molecule has 0 aromatic carbocycles. The fourth-order valence-corrected chi connectivity index (χ4v) is 3.90. The lowest BCUT2D eigenvalue weighted by Gasteiger charge is -2.36. The number of nitrogens with zero attached hydrogens (tertiary/aromatic N) is 3. The van der Waals surface area contributed by atoms with Crippen molar-refractivity contribution in [2.24, 2.45) is 7.05 Å². The molecule has 1 aliphatic carbocycles. The van der Waals surface area contributed by atoms with Gasteiger partial charge in [0.25, 0.3) is 0 Å². The fourth-order valence-electron chi connectivity index (χ4n) is 2.61. The first-order valence-electron chi connectivity index (χ1n) is 6.99. The van der Waals surface area contributed by atoms with E-state index in [4.69, 9.17) is 0 Å². The lowest BCUT2D eigenvalue weighted by atomic mass is 9.82. The third-order valence-corrected chi connectivity index (χ3v) is 5.02. The van der Waals surface area contributed by atoms with Gasteiger partial charge in [0.1, 0.15) is 5.54 Å². The van der Waals surface area contributed by atoms with Crippen molar-refractivity contribution >= 4 is 11.8 Å². The maximum Gasteiger partial charge on any atom is 0.167 e. The van der Waals surface area contributed by atoms with E-state index in [9.17, 15) is 5.26 Å². The smallest absolute Gasteiger partial charge is 0.167 e. The average molecular weight is 278 g/mol. The quantitative estimate of drug-likeness (QED) is 0.900. The molecule has 1 saturated carbocycles. The largest absolute Gasteiger partial charge is 0.329 e. The first-order chi connectivity index (χ1) is 9.19. The maximum atomic E-state index is 9.52. The molecule has 2 atom stereocenters. The molecule has 0 amide bonds. The number of aromatic nitrogens is 2. The van der Waals surface area contributed by atoms with Crippen molar-refractivity contribution in [2.75, 3.05) is 6.54 Å². The van der Waals surface area contributed by atoms with E-state index in [1.54, 1.807) is 0 Å². The van der Waals surface area contributed by atoms with E-state index in [2.05, 4.69) is 23.3 Å². The van der Waals surface area contributed by atoms with Crippen molar-refractivity contribution in [1.29, 1.82) is 5.26 Å². The first-order valence-corrected chi connectivity index (χ1v) is 7.87. The summed E-state index contributed by atoms with van der Waals surface area (Å²) in [6.07, 6.45) is 9.06. The second-order valence-corrected chi connectivity index (χ2v) is 6.55. The monoisotopic (exact) mass is 278 g/mol. The molecule has 0 spiro atoms. The summed E-state index contributed by atoms with van der Waals surface area (Å²) in [6.45, 7) is 3.06. The minimum absolute atomic E-state index is 0.322. The number of hydrogen-bond donors (Lipinski definition) is 1. The van der Waals surface area contributed by atoms with Crippen LogP contribution in [-0.4, -0.2) is 26.9 Å². The van der Waals surface area contributed by atoms with Gasteiger partial charge in [-0.1, -0.05) is 18.7 Å². The Hall–Kier alpha value is -0.990. The van der Waals surface area contributed by atoms with Crippen molar-refractivity contribution in [1.82, 2.24) is 14.9 Å². The molecule has 4 nitrogen and oxygen atoms in total. The highest BCUT2D eigenvalue weighted by Crippen LogP contribution is 2.37. The van der Waals surface area contributed by atoms with Crippen molar-refractivity contribution in [2.45, 2.75) is 55.0 Å². The lowest BCUT2D eigenvalue weighted by Crippen LogP contribution is -2.48. The van der Waals surface area contributed by atoms with Crippen LogP contribution in [0, 0.1) is 11.3 Å². The van der Waals surface area contributed by atoms with Crippen LogP contribution in [0.4, 0.5) is 0 Å². The van der Waals surface area contributed by atoms with Gasteiger partial charge in [-0.25, -0.2) is 4.98 Å². The molecule has 1 aliphatic rings. The number of hydrogen-bond acceptors (Lipinski definition) is 4. The van der Waals surface area contributed by atoms with Crippen LogP contribution in [0.1, 0.15) is 39.0 Å². The van der Waals surface area contributed by atoms with Crippen LogP contribution >= 0.6 is 11.8 Å². The van der Waals surface area contributed by atoms with E-state index in [0.29, 0.717) is 5.25 Å². The number of nitriles is 1. The lowest BCUT2D eigenvalue weighted by molar-refractivity contribution is 0.304. The summed E-state index contributed by atoms with van der Waals surface area (Å²) in [4.78, 5) is 4.37. The van der Waals surface area contributed by atoms with Crippen LogP contribution in [0.3, 0.4) is 0 Å². The SMILES string of the molecule is CCCNC1(C#N)CCCC(Sc2nccn2C)C1. The van der Waals surface area contributed by atoms with Gasteiger partial charge in [-0.05, 0) is 38.6 Å². The Bertz CT molecular complexity index is 451. The Morgan fingerprint density at radius 2 is 2.53 bits per heavy atom. The van der Waals surface area contributed by atoms with E-state index < -0.39 is 0 Å². The van der Waals surface area contributed by atoms with E-state index in [0.717, 1.165) is 37.4 Å². The second kappa shape index (κ2) is 6.44. The number of imidazole rings is 1. The molecule has 0 saturated heterocycles. The zero-order chi connectivity index (χ0) is 13.7. The standard InChI is InChI=1S/C14H22N4S/c1-3-7-17-14(11-15)6-4-5-12(10-14)19-13-16-8-9-18(13)2/h8-9,12,17H,3-7,10H2,1-2H3. The third-order valence-electron chi connectivity index (χ3n) is 3.68. The zero-order valence-electron chi connectivity index (χ0n) is 11.7. The first kappa shape index (κ1) is 14.4. The average Bonchev–Trinajstić information content (AvgIpc) is 2.82. The fraction of sp³-hybridized carbons (Fsp3) is 0.714. The van der Waals surface area contributed by atoms with Gasteiger partial charge in [0.2, 0.25) is 0 Å². The molecule has 1 heterocycles. The van der Waals surface area contributed by atoms with Crippen LogP contribution in [0.15, 0.2) is 17.6 Å². The number of nitrogens with one attached hydrogen (secondary N) is 1. The van der Waals surface area contributed by atoms with Gasteiger partial charge in [0, 0.05) is 24.7 Å². The molecule has 1 aromatic rings. The summed E-state index contributed by atoms with van der Waals surface area (Å²) in [6, 6.07) is 2.52. The van der Waals surface area contributed by atoms with Gasteiger partial charge in [0.15, 0.2) is 5.16 Å². The normalized spacial score (nSPS) is 27.1. The van der Waals surface area contributed by atoms with Crippen molar-refractivity contribution in [3.63, 3.8) is 0 Å². The molecule has 2 unspecified atom stereocenters. The Labute approximate surface area is 119 Å². The number of aryl methyl sites for hydroxylation is 1. The van der Waals surface area contributed by atoms with Gasteiger partial charge in [-0.15, -0.1) is 0 Å². The minimum atomic E-state index is -0.322. The van der Waals surface area contributed by atoms with Gasteiger partial charge in [-0.2, -0.15) is 5.26 Å². The van der Waals surface area contributed by atoms with Gasteiger partial charge in [-0.3, -0.25) is 5.32 Å². The van der Waals surface area contributed by atoms with Crippen LogP contribution in [0.25, 0.3) is 0 Å². The predicted molar refractivity (Wildman–Crippen MR) is 78.0 cm³/mol. The Kier molecular flexibility index (Phi) is 4.89. The molecule has 5 heteroatoms. The molecule has 0 radical (unpaired) electrons. The van der Waals surface area contributed by atoms with Gasteiger partial charge >= 0.3 is 0 Å². The van der Waals surface area contributed by atoms with Crippen LogP contribution in [0.5, 0.6) is 0 Å². The molecule has 0 aliphatic heterocycles. The van der Waals surface area contributed by atoms with Crippen molar-refractivity contribution in [3.05, 3.63) is 12.4 Å². The molecular formula is C14H22N4S. The van der Waals surface area contributed by atoms with Gasteiger partial charge < -0.3 is 4.57 Å². The van der Waals surface area contributed by atoms with Crippen LogP contribution < -0.4 is 5.32 Å². The molecule has 0 bridgehead atoms. The molecule has 104 valence electrons. The topological polar surface area (TPSA) is 53.6 Å². The van der Waals surface area contributed by atoms with Crippen molar-refractivity contribution in [3.8, 4) is 6.07 Å². The highest BCUT2D eigenvalue weighted by molar-refractivity contribution is 7.99. The van der Waals surface area contributed by atoms with E-state index in [-0.39, 0.29) is 5.54 Å². The molecule has 1 N–H and O–H groups in total. The highest BCUT2D eigenvalue weighted by atomic mass is 32.2. The Morgan fingerprint density at radius 3 is 3.16 bits per heavy atom. The summed E-state index contributed by atoms with van der Waals surface area (Å²) in [7, 11) is 2.02. The maximum absolute atomic E-state index is 9.52. The van der Waals surface area contributed by atoms with E-state index in [1.165, 1.54) is 6.42 Å². The van der Waals surface area contributed by atoms with Gasteiger partial charge in [0.05, 0.1) is 6.07 Å². The third kappa shape index (κ3) is 3.52. The Balaban J connectivity index is 2.00. The second-order valence-electron chi connectivity index (χ2n) is 5.28. The van der Waals surface area contributed by atoms with Crippen molar-refractivity contribution < 1.29 is 0 Å². The minimum Gasteiger partial charge on any atom is -0.329 e. The highest BCUT2D eigenvalue weighted by Gasteiger charge is 2.36. The molecule has 2 rings (SSSR count). The summed E-state index contributed by atoms with van der Waals surface area (Å²) >= 11 is 1.81. The van der Waals surface area contributed by atoms with Crippen LogP contribution in [-0.2, 0) is 7.05 Å². The predicted octanol–water partition coefficient (Wildman–Crippen LogP) is 2.72. The van der Waals surface area contributed by atoms with E-state index >= 15 is 0 Å². The molecule has 1 fully saturated rings. The summed E-state index contributed by atoms with van der Waals surface area (Å²) in [5.74, 6) is 0.